The summed E-state index contributed by atoms with van der Waals surface area (Å²) >= 11 is 1.84. The van der Waals surface area contributed by atoms with Crippen LogP contribution in [0.25, 0.3) is 75.2 Å². The van der Waals surface area contributed by atoms with Gasteiger partial charge in [-0.2, -0.15) is 0 Å². The van der Waals surface area contributed by atoms with Crippen LogP contribution in [0.2, 0.25) is 0 Å². The standard InChI is InChI=1S/C48H30FN3S/c49-31-14-10-17-33(30-31)51-39-23-8-5-20-37(39)47-41(51)25-13-27-43(47)52(44-28-11-21-35-34-18-6-9-29-45(34)53-48(35)44)42-26-12-24-40-46(42)36-19-4-7-22-38(36)50(40)32-15-2-1-3-16-32/h1-30H. The normalized spacial score (nSPS) is 11.9. The van der Waals surface area contributed by atoms with Gasteiger partial charge in [-0.1, -0.05) is 103 Å². The van der Waals surface area contributed by atoms with Gasteiger partial charge in [-0.25, -0.2) is 4.39 Å². The van der Waals surface area contributed by atoms with Crippen LogP contribution in [-0.2, 0) is 0 Å². The van der Waals surface area contributed by atoms with Gasteiger partial charge >= 0.3 is 0 Å². The maximum absolute atomic E-state index is 14.8. The zero-order chi connectivity index (χ0) is 35.0. The molecule has 5 heteroatoms. The molecule has 3 heterocycles. The zero-order valence-corrected chi connectivity index (χ0v) is 29.3. The quantitative estimate of drug-likeness (QED) is 0.174. The van der Waals surface area contributed by atoms with Crippen molar-refractivity contribution in [1.82, 2.24) is 9.13 Å². The second-order valence-corrected chi connectivity index (χ2v) is 14.5. The fraction of sp³-hybridized carbons (Fsp3) is 0. The number of halogens is 1. The average Bonchev–Trinajstić information content (AvgIpc) is 3.87. The van der Waals surface area contributed by atoms with Crippen molar-refractivity contribution in [3.63, 3.8) is 0 Å². The molecule has 3 nitrogen and oxygen atoms in total. The second kappa shape index (κ2) is 11.7. The van der Waals surface area contributed by atoms with Crippen LogP contribution in [0, 0.1) is 5.82 Å². The predicted molar refractivity (Wildman–Crippen MR) is 223 cm³/mol. The number of benzene rings is 8. The first kappa shape index (κ1) is 30.0. The second-order valence-electron chi connectivity index (χ2n) is 13.5. The van der Waals surface area contributed by atoms with Crippen LogP contribution in [0.15, 0.2) is 182 Å². The summed E-state index contributed by atoms with van der Waals surface area (Å²) in [6.45, 7) is 0. The van der Waals surface area contributed by atoms with Gasteiger partial charge in [0.25, 0.3) is 0 Å². The molecule has 0 atom stereocenters. The molecule has 53 heavy (non-hydrogen) atoms. The summed E-state index contributed by atoms with van der Waals surface area (Å²) in [5.41, 5.74) is 9.51. The maximum atomic E-state index is 14.8. The topological polar surface area (TPSA) is 13.1 Å². The van der Waals surface area contributed by atoms with Crippen molar-refractivity contribution in [3.05, 3.63) is 188 Å². The molecule has 11 aromatic rings. The van der Waals surface area contributed by atoms with E-state index < -0.39 is 0 Å². The summed E-state index contributed by atoms with van der Waals surface area (Å²) in [7, 11) is 0. The monoisotopic (exact) mass is 699 g/mol. The smallest absolute Gasteiger partial charge is 0.125 e. The van der Waals surface area contributed by atoms with E-state index in [4.69, 9.17) is 0 Å². The van der Waals surface area contributed by atoms with Crippen molar-refractivity contribution in [3.8, 4) is 11.4 Å². The average molecular weight is 700 g/mol. The molecule has 0 aliphatic carbocycles. The van der Waals surface area contributed by atoms with E-state index in [1.165, 1.54) is 37.0 Å². The number of aromatic nitrogens is 2. The van der Waals surface area contributed by atoms with Crippen LogP contribution in [-0.4, -0.2) is 9.13 Å². The molecule has 0 amide bonds. The lowest BCUT2D eigenvalue weighted by Crippen LogP contribution is -2.11. The lowest BCUT2D eigenvalue weighted by Gasteiger charge is -2.28. The van der Waals surface area contributed by atoms with E-state index in [1.54, 1.807) is 12.1 Å². The van der Waals surface area contributed by atoms with E-state index in [1.807, 2.05) is 17.4 Å². The fourth-order valence-corrected chi connectivity index (χ4v) is 9.63. The fourth-order valence-electron chi connectivity index (χ4n) is 8.42. The summed E-state index contributed by atoms with van der Waals surface area (Å²) in [5, 5.41) is 7.07. The van der Waals surface area contributed by atoms with Crippen LogP contribution >= 0.6 is 11.3 Å². The minimum Gasteiger partial charge on any atom is -0.309 e. The molecular weight excluding hydrogens is 670 g/mol. The molecule has 0 bridgehead atoms. The van der Waals surface area contributed by atoms with Crippen LogP contribution in [0.5, 0.6) is 0 Å². The molecule has 0 aliphatic heterocycles. The molecule has 0 N–H and O–H groups in total. The minimum absolute atomic E-state index is 0.260. The van der Waals surface area contributed by atoms with Crippen LogP contribution < -0.4 is 4.90 Å². The molecule has 11 rings (SSSR count). The number of nitrogens with zero attached hydrogens (tertiary/aromatic N) is 3. The molecule has 8 aromatic carbocycles. The Morgan fingerprint density at radius 1 is 0.396 bits per heavy atom. The highest BCUT2D eigenvalue weighted by Crippen LogP contribution is 2.51. The molecular formula is C48H30FN3S. The number of para-hydroxylation sites is 3. The first-order chi connectivity index (χ1) is 26.2. The number of fused-ring (bicyclic) bond motifs is 9. The number of rotatable bonds is 5. The van der Waals surface area contributed by atoms with Crippen molar-refractivity contribution in [2.75, 3.05) is 4.90 Å². The third-order valence-corrected chi connectivity index (χ3v) is 11.7. The third-order valence-electron chi connectivity index (χ3n) is 10.5. The summed E-state index contributed by atoms with van der Waals surface area (Å²) in [4.78, 5) is 2.48. The van der Waals surface area contributed by atoms with Crippen molar-refractivity contribution in [2.45, 2.75) is 0 Å². The number of anilines is 3. The summed E-state index contributed by atoms with van der Waals surface area (Å²) in [6, 6.07) is 63.3. The van der Waals surface area contributed by atoms with Gasteiger partial charge in [0.05, 0.1) is 43.8 Å². The molecule has 0 radical (unpaired) electrons. The lowest BCUT2D eigenvalue weighted by molar-refractivity contribution is 0.627. The maximum Gasteiger partial charge on any atom is 0.125 e. The third kappa shape index (κ3) is 4.44. The summed E-state index contributed by atoms with van der Waals surface area (Å²) in [5.74, 6) is -0.260. The van der Waals surface area contributed by atoms with E-state index in [9.17, 15) is 4.39 Å². The van der Waals surface area contributed by atoms with Gasteiger partial charge < -0.3 is 14.0 Å². The molecule has 250 valence electrons. The Labute approximate surface area is 308 Å². The molecule has 0 saturated heterocycles. The van der Waals surface area contributed by atoms with Crippen molar-refractivity contribution in [1.29, 1.82) is 0 Å². The Bertz CT molecular complexity index is 3210. The van der Waals surface area contributed by atoms with E-state index in [0.717, 1.165) is 61.3 Å². The van der Waals surface area contributed by atoms with Crippen LogP contribution in [0.4, 0.5) is 21.5 Å². The Morgan fingerprint density at radius 2 is 0.887 bits per heavy atom. The SMILES string of the molecule is Fc1cccc(-n2c3ccccc3c3c(N(c4cccc5c4sc4ccccc45)c4cccc5c4c4ccccc4n5-c4ccccc4)cccc32)c1. The molecule has 3 aromatic heterocycles. The van der Waals surface area contributed by atoms with Crippen LogP contribution in [0.1, 0.15) is 0 Å². The molecule has 0 saturated carbocycles. The number of hydrogen-bond donors (Lipinski definition) is 0. The van der Waals surface area contributed by atoms with Crippen molar-refractivity contribution < 1.29 is 4.39 Å². The number of hydrogen-bond acceptors (Lipinski definition) is 2. The highest BCUT2D eigenvalue weighted by Gasteiger charge is 2.26. The first-order valence-corrected chi connectivity index (χ1v) is 18.6. The van der Waals surface area contributed by atoms with E-state index in [0.29, 0.717) is 0 Å². The van der Waals surface area contributed by atoms with E-state index >= 15 is 0 Å². The summed E-state index contributed by atoms with van der Waals surface area (Å²) < 4.78 is 21.9. The Hall–Kier alpha value is -6.69. The van der Waals surface area contributed by atoms with Gasteiger partial charge in [0.2, 0.25) is 0 Å². The Morgan fingerprint density at radius 3 is 1.57 bits per heavy atom. The largest absolute Gasteiger partial charge is 0.309 e. The predicted octanol–water partition coefficient (Wildman–Crippen LogP) is 13.9. The molecule has 0 spiro atoms. The Balaban J connectivity index is 1.31. The Kier molecular flexibility index (Phi) is 6.60. The van der Waals surface area contributed by atoms with Gasteiger partial charge in [0.15, 0.2) is 0 Å². The van der Waals surface area contributed by atoms with Gasteiger partial charge in [0.1, 0.15) is 5.82 Å². The van der Waals surface area contributed by atoms with Gasteiger partial charge in [-0.15, -0.1) is 11.3 Å². The van der Waals surface area contributed by atoms with Crippen molar-refractivity contribution >= 4 is 92.2 Å². The molecule has 0 unspecified atom stereocenters. The minimum atomic E-state index is -0.260. The summed E-state index contributed by atoms with van der Waals surface area (Å²) in [6.07, 6.45) is 0. The van der Waals surface area contributed by atoms with Gasteiger partial charge in [0, 0.05) is 48.4 Å². The number of thiophene rings is 1. The highest BCUT2D eigenvalue weighted by molar-refractivity contribution is 7.26. The van der Waals surface area contributed by atoms with Gasteiger partial charge in [-0.05, 0) is 78.9 Å². The zero-order valence-electron chi connectivity index (χ0n) is 28.4. The van der Waals surface area contributed by atoms with E-state index in [2.05, 4.69) is 172 Å². The van der Waals surface area contributed by atoms with E-state index in [-0.39, 0.29) is 5.82 Å². The highest BCUT2D eigenvalue weighted by atomic mass is 32.1. The lowest BCUT2D eigenvalue weighted by atomic mass is 10.0. The first-order valence-electron chi connectivity index (χ1n) is 17.8. The van der Waals surface area contributed by atoms with Gasteiger partial charge in [-0.3, -0.25) is 0 Å². The van der Waals surface area contributed by atoms with Crippen molar-refractivity contribution in [2.24, 2.45) is 0 Å². The van der Waals surface area contributed by atoms with Crippen LogP contribution in [0.3, 0.4) is 0 Å². The molecule has 0 fully saturated rings. The molecule has 0 aliphatic rings.